The molecule has 0 atom stereocenters. The monoisotopic (exact) mass is 261 g/mol. The van der Waals surface area contributed by atoms with E-state index in [2.05, 4.69) is 47.0 Å². The van der Waals surface area contributed by atoms with Crippen LogP contribution in [0.15, 0.2) is 29.4 Å². The summed E-state index contributed by atoms with van der Waals surface area (Å²) in [4.78, 5) is 0. The van der Waals surface area contributed by atoms with Crippen molar-refractivity contribution >= 4 is 23.0 Å². The van der Waals surface area contributed by atoms with Crippen molar-refractivity contribution in [3.63, 3.8) is 0 Å². The molecule has 0 unspecified atom stereocenters. The molecule has 0 aliphatic heterocycles. The molecule has 0 heterocycles. The topological polar surface area (TPSA) is 36.4 Å². The molecule has 1 aliphatic rings. The Morgan fingerprint density at radius 2 is 2.17 bits per heavy atom. The number of hydrazone groups is 1. The SMILES string of the molecule is CCCCNC(=S)NN=C1CCc2ccccc21. The van der Waals surface area contributed by atoms with Crippen molar-refractivity contribution in [3.05, 3.63) is 35.4 Å². The van der Waals surface area contributed by atoms with Gasteiger partial charge in [0.05, 0.1) is 5.71 Å². The minimum absolute atomic E-state index is 0.611. The number of aryl methyl sites for hydroxylation is 1. The van der Waals surface area contributed by atoms with Crippen molar-refractivity contribution in [2.24, 2.45) is 5.10 Å². The maximum Gasteiger partial charge on any atom is 0.186 e. The van der Waals surface area contributed by atoms with Crippen LogP contribution in [0.1, 0.15) is 37.3 Å². The van der Waals surface area contributed by atoms with Crippen LogP contribution < -0.4 is 10.7 Å². The zero-order chi connectivity index (χ0) is 12.8. The number of thiocarbonyl (C=S) groups is 1. The first-order valence-electron chi connectivity index (χ1n) is 6.50. The molecule has 1 aliphatic carbocycles. The summed E-state index contributed by atoms with van der Waals surface area (Å²) in [5, 5.41) is 8.16. The minimum atomic E-state index is 0.611. The first-order valence-corrected chi connectivity index (χ1v) is 6.90. The zero-order valence-electron chi connectivity index (χ0n) is 10.7. The number of benzene rings is 1. The van der Waals surface area contributed by atoms with Gasteiger partial charge in [0.1, 0.15) is 0 Å². The molecular formula is C14H19N3S. The highest BCUT2D eigenvalue weighted by Crippen LogP contribution is 2.21. The Kier molecular flexibility index (Phi) is 4.70. The molecule has 3 nitrogen and oxygen atoms in total. The number of fused-ring (bicyclic) bond motifs is 1. The van der Waals surface area contributed by atoms with E-state index in [1.54, 1.807) is 0 Å². The van der Waals surface area contributed by atoms with Gasteiger partial charge in [0.2, 0.25) is 0 Å². The third-order valence-electron chi connectivity index (χ3n) is 3.07. The van der Waals surface area contributed by atoms with Crippen LogP contribution in [-0.2, 0) is 6.42 Å². The van der Waals surface area contributed by atoms with Gasteiger partial charge in [-0.05, 0) is 37.0 Å². The maximum absolute atomic E-state index is 5.17. The number of unbranched alkanes of at least 4 members (excludes halogenated alkanes) is 1. The predicted octanol–water partition coefficient (Wildman–Crippen LogP) is 2.60. The van der Waals surface area contributed by atoms with Gasteiger partial charge >= 0.3 is 0 Å². The predicted molar refractivity (Wildman–Crippen MR) is 79.9 cm³/mol. The molecule has 0 saturated heterocycles. The molecule has 4 heteroatoms. The van der Waals surface area contributed by atoms with Gasteiger partial charge < -0.3 is 5.32 Å². The van der Waals surface area contributed by atoms with E-state index in [1.165, 1.54) is 11.1 Å². The Morgan fingerprint density at radius 3 is 3.00 bits per heavy atom. The number of hydrogen-bond acceptors (Lipinski definition) is 2. The fraction of sp³-hybridized carbons (Fsp3) is 0.429. The summed E-state index contributed by atoms with van der Waals surface area (Å²) in [7, 11) is 0. The molecule has 2 rings (SSSR count). The normalized spacial score (nSPS) is 15.5. The van der Waals surface area contributed by atoms with Gasteiger partial charge in [-0.15, -0.1) is 0 Å². The molecule has 0 radical (unpaired) electrons. The number of rotatable bonds is 4. The molecule has 2 N–H and O–H groups in total. The van der Waals surface area contributed by atoms with Gasteiger partial charge in [0.15, 0.2) is 5.11 Å². The molecule has 1 aromatic rings. The molecule has 0 spiro atoms. The first-order chi connectivity index (χ1) is 8.81. The molecule has 18 heavy (non-hydrogen) atoms. The number of hydrogen-bond donors (Lipinski definition) is 2. The van der Waals surface area contributed by atoms with Gasteiger partial charge in [-0.3, -0.25) is 5.43 Å². The summed E-state index contributed by atoms with van der Waals surface area (Å²) in [6, 6.07) is 8.41. The quantitative estimate of drug-likeness (QED) is 0.497. The first kappa shape index (κ1) is 13.0. The van der Waals surface area contributed by atoms with Gasteiger partial charge in [0, 0.05) is 12.1 Å². The molecule has 0 bridgehead atoms. The molecule has 0 saturated carbocycles. The Balaban J connectivity index is 1.89. The molecule has 1 aromatic carbocycles. The fourth-order valence-corrected chi connectivity index (χ4v) is 2.21. The third kappa shape index (κ3) is 3.29. The van der Waals surface area contributed by atoms with Crippen LogP contribution in [0.25, 0.3) is 0 Å². The summed E-state index contributed by atoms with van der Waals surface area (Å²) in [6.45, 7) is 3.07. The average Bonchev–Trinajstić information content (AvgIpc) is 2.80. The summed E-state index contributed by atoms with van der Waals surface area (Å²) in [6.07, 6.45) is 4.36. The smallest absolute Gasteiger partial charge is 0.186 e. The lowest BCUT2D eigenvalue weighted by atomic mass is 10.1. The minimum Gasteiger partial charge on any atom is -0.361 e. The van der Waals surface area contributed by atoms with Crippen molar-refractivity contribution < 1.29 is 0 Å². The van der Waals surface area contributed by atoms with Crippen LogP contribution in [0, 0.1) is 0 Å². The fourth-order valence-electron chi connectivity index (χ4n) is 2.06. The van der Waals surface area contributed by atoms with E-state index in [-0.39, 0.29) is 0 Å². The molecule has 0 amide bonds. The van der Waals surface area contributed by atoms with Crippen molar-refractivity contribution in [2.45, 2.75) is 32.6 Å². The molecule has 0 fully saturated rings. The highest BCUT2D eigenvalue weighted by atomic mass is 32.1. The summed E-state index contributed by atoms with van der Waals surface area (Å²) >= 11 is 5.17. The molecule has 0 aromatic heterocycles. The second-order valence-corrected chi connectivity index (χ2v) is 4.85. The van der Waals surface area contributed by atoms with Crippen LogP contribution in [-0.4, -0.2) is 17.4 Å². The van der Waals surface area contributed by atoms with E-state index in [0.29, 0.717) is 5.11 Å². The van der Waals surface area contributed by atoms with Gasteiger partial charge in [-0.1, -0.05) is 37.6 Å². The maximum atomic E-state index is 5.17. The Morgan fingerprint density at radius 1 is 1.33 bits per heavy atom. The standard InChI is InChI=1S/C14H19N3S/c1-2-3-10-15-14(18)17-16-13-9-8-11-6-4-5-7-12(11)13/h4-7H,2-3,8-10H2,1H3,(H2,15,17,18). The van der Waals surface area contributed by atoms with E-state index in [9.17, 15) is 0 Å². The largest absolute Gasteiger partial charge is 0.361 e. The van der Waals surface area contributed by atoms with Gasteiger partial charge in [0.25, 0.3) is 0 Å². The van der Waals surface area contributed by atoms with E-state index >= 15 is 0 Å². The van der Waals surface area contributed by atoms with Gasteiger partial charge in [-0.2, -0.15) is 5.10 Å². The lowest BCUT2D eigenvalue weighted by molar-refractivity contribution is 0.744. The van der Waals surface area contributed by atoms with Crippen molar-refractivity contribution in [1.82, 2.24) is 10.7 Å². The van der Waals surface area contributed by atoms with E-state index in [0.717, 1.165) is 37.9 Å². The Bertz CT molecular complexity index is 454. The zero-order valence-corrected chi connectivity index (χ0v) is 11.5. The van der Waals surface area contributed by atoms with Crippen LogP contribution in [0.2, 0.25) is 0 Å². The highest BCUT2D eigenvalue weighted by molar-refractivity contribution is 7.80. The molecule has 96 valence electrons. The summed E-state index contributed by atoms with van der Waals surface area (Å²) in [5.41, 5.74) is 6.66. The lowest BCUT2D eigenvalue weighted by Crippen LogP contribution is -2.33. The molecular weight excluding hydrogens is 242 g/mol. The Hall–Kier alpha value is -1.42. The second kappa shape index (κ2) is 6.50. The second-order valence-electron chi connectivity index (χ2n) is 4.44. The van der Waals surface area contributed by atoms with Crippen LogP contribution in [0.5, 0.6) is 0 Å². The third-order valence-corrected chi connectivity index (χ3v) is 3.30. The number of nitrogens with one attached hydrogen (secondary N) is 2. The average molecular weight is 261 g/mol. The van der Waals surface area contributed by atoms with Crippen LogP contribution >= 0.6 is 12.2 Å². The van der Waals surface area contributed by atoms with Crippen molar-refractivity contribution in [3.8, 4) is 0 Å². The van der Waals surface area contributed by atoms with E-state index < -0.39 is 0 Å². The van der Waals surface area contributed by atoms with E-state index in [1.807, 2.05) is 0 Å². The van der Waals surface area contributed by atoms with Crippen molar-refractivity contribution in [1.29, 1.82) is 0 Å². The van der Waals surface area contributed by atoms with E-state index in [4.69, 9.17) is 12.2 Å². The summed E-state index contributed by atoms with van der Waals surface area (Å²) in [5.74, 6) is 0. The van der Waals surface area contributed by atoms with Crippen molar-refractivity contribution in [2.75, 3.05) is 6.54 Å². The lowest BCUT2D eigenvalue weighted by Gasteiger charge is -2.07. The Labute approximate surface area is 114 Å². The summed E-state index contributed by atoms with van der Waals surface area (Å²) < 4.78 is 0. The van der Waals surface area contributed by atoms with Crippen LogP contribution in [0.4, 0.5) is 0 Å². The van der Waals surface area contributed by atoms with Crippen LogP contribution in [0.3, 0.4) is 0 Å². The highest BCUT2D eigenvalue weighted by Gasteiger charge is 2.16. The number of nitrogens with zero attached hydrogens (tertiary/aromatic N) is 1. The van der Waals surface area contributed by atoms with Gasteiger partial charge in [-0.25, -0.2) is 0 Å².